The molecule has 8 nitrogen and oxygen atoms in total. The molecule has 0 aromatic rings. The molecule has 0 rings (SSSR count). The molecule has 64 valence electrons. The molecule has 0 atom stereocenters. The number of hydrogen-bond acceptors (Lipinski definition) is 8. The molecule has 0 aromatic carbocycles. The van der Waals surface area contributed by atoms with Crippen LogP contribution >= 0.6 is 15.6 Å². The summed E-state index contributed by atoms with van der Waals surface area (Å²) in [6.45, 7) is 0. The van der Waals surface area contributed by atoms with Crippen molar-refractivity contribution in [3.05, 3.63) is 0 Å². The maximum Gasteiger partial charge on any atom is 3.00 e. The molecule has 0 fully saturated rings. The second-order valence-corrected chi connectivity index (χ2v) is 2.68. The monoisotopic (exact) mass is 334 g/mol. The van der Waals surface area contributed by atoms with Crippen LogP contribution in [0.1, 0.15) is 0 Å². The molecular weight excluding hydrogens is 334 g/mol. The first kappa shape index (κ1) is 36.7. The third kappa shape index (κ3) is 153. The van der Waals surface area contributed by atoms with E-state index in [0.717, 1.165) is 0 Å². The predicted molar refractivity (Wildman–Crippen MR) is 21.0 cm³/mol. The summed E-state index contributed by atoms with van der Waals surface area (Å²) in [5.74, 6) is 0. The molecule has 0 aliphatic carbocycles. The Labute approximate surface area is 219 Å². The molecule has 14 heavy (non-hydrogen) atoms. The molecule has 0 amide bonds. The molecule has 0 heterocycles. The minimum atomic E-state index is -5.39. The molecule has 14 heteroatoms. The Hall–Kier alpha value is 5.66. The van der Waals surface area contributed by atoms with Crippen LogP contribution in [0.25, 0.3) is 0 Å². The van der Waals surface area contributed by atoms with Crippen LogP contribution in [-0.4, -0.2) is 17.4 Å². The molecule has 0 saturated heterocycles. The maximum absolute atomic E-state index is 8.55. The van der Waals surface area contributed by atoms with Crippen LogP contribution in [0.4, 0.5) is 0 Å². The zero-order valence-corrected chi connectivity index (χ0v) is 20.1. The topological polar surface area (TPSA) is 172 Å². The summed E-state index contributed by atoms with van der Waals surface area (Å²) < 4.78 is 17.1. The fourth-order valence-electron chi connectivity index (χ4n) is 0. The number of hydrogen-bond donors (Lipinski definition) is 0. The van der Waals surface area contributed by atoms with Crippen molar-refractivity contribution < 1.29 is 193 Å². The Morgan fingerprint density at radius 3 is 0.571 bits per heavy atom. The van der Waals surface area contributed by atoms with E-state index < -0.39 is 15.6 Å². The predicted octanol–water partition coefficient (Wildman–Crippen LogP) is -15.0. The van der Waals surface area contributed by atoms with E-state index in [0.29, 0.717) is 0 Å². The van der Waals surface area contributed by atoms with Crippen LogP contribution in [0.15, 0.2) is 0 Å². The molecule has 0 unspecified atom stereocenters. The Kier molecular flexibility index (Phi) is 48.9. The maximum atomic E-state index is 8.55. The van der Waals surface area contributed by atoms with Crippen molar-refractivity contribution in [1.82, 2.24) is 0 Å². The van der Waals surface area contributed by atoms with E-state index in [1.54, 1.807) is 0 Å². The second-order valence-electron chi connectivity index (χ2n) is 0.894. The largest absolute Gasteiger partial charge is 3.00 e. The molecule has 0 aromatic heterocycles. The van der Waals surface area contributed by atoms with Gasteiger partial charge in [0, 0.05) is 0 Å². The van der Waals surface area contributed by atoms with E-state index in [1.165, 1.54) is 0 Å². The molecule has 0 bridgehead atoms. The van der Waals surface area contributed by atoms with Gasteiger partial charge in [0.2, 0.25) is 0 Å². The summed E-state index contributed by atoms with van der Waals surface area (Å²) in [6, 6.07) is 0. The first-order chi connectivity index (χ1) is 4.00. The van der Waals surface area contributed by atoms with Crippen LogP contribution in [0.2, 0.25) is 0 Å². The van der Waals surface area contributed by atoms with Crippen molar-refractivity contribution in [2.75, 3.05) is 0 Å². The molecule has 0 aliphatic heterocycles. The van der Waals surface area contributed by atoms with Crippen molar-refractivity contribution in [2.45, 2.75) is 0 Å². The van der Waals surface area contributed by atoms with Crippen LogP contribution < -0.4 is 184 Å². The summed E-state index contributed by atoms with van der Waals surface area (Å²) in [6.07, 6.45) is 0. The molecular formula is AlK3O8P2. The third-order valence-corrected chi connectivity index (χ3v) is 0. The van der Waals surface area contributed by atoms with Gasteiger partial charge in [-0.25, -0.2) is 0 Å². The summed E-state index contributed by atoms with van der Waals surface area (Å²) >= 11 is 0. The van der Waals surface area contributed by atoms with Crippen molar-refractivity contribution in [3.8, 4) is 0 Å². The quantitative estimate of drug-likeness (QED) is 0.310. The fourth-order valence-corrected chi connectivity index (χ4v) is 0. The zero-order chi connectivity index (χ0) is 9.00. The third-order valence-electron chi connectivity index (χ3n) is 0. The van der Waals surface area contributed by atoms with Gasteiger partial charge < -0.3 is 38.5 Å². The van der Waals surface area contributed by atoms with Gasteiger partial charge in [0.15, 0.2) is 0 Å². The van der Waals surface area contributed by atoms with Gasteiger partial charge in [0.1, 0.15) is 0 Å². The van der Waals surface area contributed by atoms with E-state index in [2.05, 4.69) is 0 Å². The van der Waals surface area contributed by atoms with E-state index in [1.807, 2.05) is 0 Å². The van der Waals surface area contributed by atoms with Gasteiger partial charge in [0.25, 0.3) is 0 Å². The van der Waals surface area contributed by atoms with Crippen molar-refractivity contribution >= 4 is 33.0 Å². The van der Waals surface area contributed by atoms with Crippen LogP contribution in [-0.2, 0) is 9.13 Å². The average molecular weight is 334 g/mol. The number of phosphoric acid groups is 2. The average Bonchev–Trinajstić information content (AvgIpc) is 1.12. The fraction of sp³-hybridized carbons (Fsp3) is 0. The number of rotatable bonds is 0. The minimum absolute atomic E-state index is 0. The van der Waals surface area contributed by atoms with Gasteiger partial charge in [0.05, 0.1) is 0 Å². The Balaban J connectivity index is -0.0000000178. The van der Waals surface area contributed by atoms with Crippen molar-refractivity contribution in [1.29, 1.82) is 0 Å². The van der Waals surface area contributed by atoms with E-state index in [9.17, 15) is 0 Å². The summed E-state index contributed by atoms with van der Waals surface area (Å²) in [5.41, 5.74) is 0. The Morgan fingerprint density at radius 1 is 0.571 bits per heavy atom. The van der Waals surface area contributed by atoms with Crippen LogP contribution in [0.3, 0.4) is 0 Å². The van der Waals surface area contributed by atoms with Gasteiger partial charge in [-0.15, -0.1) is 0 Å². The van der Waals surface area contributed by atoms with Crippen LogP contribution in [0.5, 0.6) is 0 Å². The van der Waals surface area contributed by atoms with Gasteiger partial charge >= 0.3 is 172 Å². The molecule has 0 spiro atoms. The molecule has 0 saturated carbocycles. The molecule has 0 radical (unpaired) electrons. The standard InChI is InChI=1S/Al.3K.2H3O4P/c;;;;2*1-5(2,3)4/h;;;;2*(H3,1,2,3,4)/q+3;3*+1;;/p-6. The van der Waals surface area contributed by atoms with Gasteiger partial charge in [-0.2, -0.15) is 15.6 Å². The minimum Gasteiger partial charge on any atom is -0.822 e. The van der Waals surface area contributed by atoms with E-state index in [4.69, 9.17) is 38.5 Å². The summed E-state index contributed by atoms with van der Waals surface area (Å²) in [4.78, 5) is 51.3. The Morgan fingerprint density at radius 2 is 0.571 bits per heavy atom. The summed E-state index contributed by atoms with van der Waals surface area (Å²) in [7, 11) is -10.8. The zero-order valence-electron chi connectivity index (χ0n) is 7.74. The van der Waals surface area contributed by atoms with Crippen molar-refractivity contribution in [2.24, 2.45) is 0 Å². The van der Waals surface area contributed by atoms with E-state index in [-0.39, 0.29) is 172 Å². The van der Waals surface area contributed by atoms with Gasteiger partial charge in [-0.1, -0.05) is 0 Å². The SMILES string of the molecule is O=P([O-])([O-])[O-].O=P([O-])([O-])[O-].[Al+3].[K+].[K+].[K+]. The second kappa shape index (κ2) is 18.7. The summed E-state index contributed by atoms with van der Waals surface area (Å²) in [5, 5.41) is 0. The first-order valence-electron chi connectivity index (χ1n) is 1.46. The van der Waals surface area contributed by atoms with Gasteiger partial charge in [-0.3, -0.25) is 0 Å². The van der Waals surface area contributed by atoms with E-state index >= 15 is 0 Å². The normalized spacial score (nSPS) is 8.43. The first-order valence-corrected chi connectivity index (χ1v) is 4.38. The van der Waals surface area contributed by atoms with Crippen LogP contribution in [0, 0.1) is 0 Å². The van der Waals surface area contributed by atoms with Crippen molar-refractivity contribution in [3.63, 3.8) is 0 Å². The molecule has 0 N–H and O–H groups in total. The molecule has 0 aliphatic rings. The van der Waals surface area contributed by atoms with Gasteiger partial charge in [-0.05, 0) is 0 Å². The Bertz CT molecular complexity index is 135. The smallest absolute Gasteiger partial charge is 0.822 e.